The first-order valence-electron chi connectivity index (χ1n) is 5.52. The molecule has 106 valence electrons. The fraction of sp³-hybridized carbons (Fsp3) is 0.167. The second-order valence-corrected chi connectivity index (χ2v) is 4.82. The molecule has 0 saturated heterocycles. The molecule has 2 rings (SSSR count). The zero-order valence-electron chi connectivity index (χ0n) is 10.0. The molecule has 0 fully saturated rings. The van der Waals surface area contributed by atoms with E-state index in [9.17, 15) is 13.2 Å². The summed E-state index contributed by atoms with van der Waals surface area (Å²) in [7, 11) is 0. The van der Waals surface area contributed by atoms with Crippen LogP contribution < -0.4 is 11.3 Å². The molecule has 4 nitrogen and oxygen atoms in total. The molecule has 0 aliphatic rings. The topological polar surface area (TPSA) is 63.8 Å². The lowest BCUT2D eigenvalue weighted by Crippen LogP contribution is -2.30. The van der Waals surface area contributed by atoms with Crippen molar-refractivity contribution in [3.63, 3.8) is 0 Å². The molecular weight excluding hydrogens is 337 g/mol. The molecule has 20 heavy (non-hydrogen) atoms. The fourth-order valence-electron chi connectivity index (χ4n) is 1.74. The van der Waals surface area contributed by atoms with E-state index < -0.39 is 17.8 Å². The molecule has 1 aromatic heterocycles. The van der Waals surface area contributed by atoms with Crippen LogP contribution in [-0.4, -0.2) is 9.97 Å². The second-order valence-electron chi connectivity index (χ2n) is 3.96. The van der Waals surface area contributed by atoms with Gasteiger partial charge in [0.1, 0.15) is 0 Å². The van der Waals surface area contributed by atoms with E-state index in [0.717, 1.165) is 12.1 Å². The van der Waals surface area contributed by atoms with Gasteiger partial charge in [0.2, 0.25) is 0 Å². The van der Waals surface area contributed by atoms with Gasteiger partial charge in [-0.25, -0.2) is 5.43 Å². The predicted molar refractivity (Wildman–Crippen MR) is 70.3 cm³/mol. The third-order valence-corrected chi connectivity index (χ3v) is 3.40. The Bertz CT molecular complexity index is 589. The molecule has 3 N–H and O–H groups in total. The summed E-state index contributed by atoms with van der Waals surface area (Å²) in [5, 5.41) is 0. The number of hydrogen-bond acceptors (Lipinski definition) is 4. The number of aromatic nitrogens is 2. The summed E-state index contributed by atoms with van der Waals surface area (Å²) in [5.74, 6) is 5.44. The van der Waals surface area contributed by atoms with Gasteiger partial charge in [-0.3, -0.25) is 15.8 Å². The number of nitrogens with two attached hydrogens (primary N) is 1. The average molecular weight is 347 g/mol. The van der Waals surface area contributed by atoms with Crippen molar-refractivity contribution >= 4 is 15.9 Å². The number of hydrogen-bond donors (Lipinski definition) is 2. The lowest BCUT2D eigenvalue weighted by atomic mass is 10.0. The number of nitrogens with one attached hydrogen (secondary N) is 1. The summed E-state index contributed by atoms with van der Waals surface area (Å²) >= 11 is 3.22. The minimum atomic E-state index is -4.42. The minimum Gasteiger partial charge on any atom is -0.271 e. The summed E-state index contributed by atoms with van der Waals surface area (Å²) in [4.78, 5) is 7.94. The normalized spacial score (nSPS) is 13.2. The fourth-order valence-corrected chi connectivity index (χ4v) is 2.21. The number of alkyl halides is 3. The highest BCUT2D eigenvalue weighted by atomic mass is 79.9. The van der Waals surface area contributed by atoms with Gasteiger partial charge in [0.05, 0.1) is 23.5 Å². The maximum Gasteiger partial charge on any atom is 0.416 e. The van der Waals surface area contributed by atoms with E-state index >= 15 is 0 Å². The summed E-state index contributed by atoms with van der Waals surface area (Å²) in [5.41, 5.74) is 2.47. The Morgan fingerprint density at radius 2 is 2.00 bits per heavy atom. The molecule has 1 atom stereocenters. The molecular formula is C12H10BrF3N4. The van der Waals surface area contributed by atoms with Gasteiger partial charge >= 0.3 is 6.18 Å². The molecule has 0 spiro atoms. The smallest absolute Gasteiger partial charge is 0.271 e. The summed E-state index contributed by atoms with van der Waals surface area (Å²) in [6, 6.07) is 2.67. The first-order chi connectivity index (χ1) is 9.43. The largest absolute Gasteiger partial charge is 0.416 e. The van der Waals surface area contributed by atoms with Crippen molar-refractivity contribution in [3.8, 4) is 0 Å². The van der Waals surface area contributed by atoms with Crippen LogP contribution in [0.1, 0.15) is 22.9 Å². The van der Waals surface area contributed by atoms with Crippen LogP contribution in [0.4, 0.5) is 13.2 Å². The van der Waals surface area contributed by atoms with Crippen molar-refractivity contribution in [3.05, 3.63) is 58.1 Å². The Labute approximate surface area is 121 Å². The molecule has 0 aliphatic heterocycles. The predicted octanol–water partition coefficient (Wildman–Crippen LogP) is 2.81. The van der Waals surface area contributed by atoms with E-state index in [1.165, 1.54) is 24.7 Å². The third kappa shape index (κ3) is 3.14. The van der Waals surface area contributed by atoms with Crippen LogP contribution in [0.5, 0.6) is 0 Å². The van der Waals surface area contributed by atoms with Crippen molar-refractivity contribution in [1.82, 2.24) is 15.4 Å². The van der Waals surface area contributed by atoms with Gasteiger partial charge in [-0.05, 0) is 23.8 Å². The first kappa shape index (κ1) is 14.9. The molecule has 2 aromatic rings. The van der Waals surface area contributed by atoms with Crippen LogP contribution in [0.15, 0.2) is 41.3 Å². The van der Waals surface area contributed by atoms with E-state index in [-0.39, 0.29) is 0 Å². The van der Waals surface area contributed by atoms with Crippen molar-refractivity contribution in [2.24, 2.45) is 5.84 Å². The Kier molecular flexibility index (Phi) is 4.36. The maximum atomic E-state index is 12.8. The number of rotatable bonds is 3. The van der Waals surface area contributed by atoms with Gasteiger partial charge < -0.3 is 0 Å². The lowest BCUT2D eigenvalue weighted by molar-refractivity contribution is -0.137. The Hall–Kier alpha value is -1.51. The van der Waals surface area contributed by atoms with Crippen LogP contribution >= 0.6 is 15.9 Å². The number of nitrogens with zero attached hydrogens (tertiary/aromatic N) is 2. The van der Waals surface area contributed by atoms with Crippen LogP contribution in [0.25, 0.3) is 0 Å². The highest BCUT2D eigenvalue weighted by molar-refractivity contribution is 9.10. The summed E-state index contributed by atoms with van der Waals surface area (Å²) < 4.78 is 38.8. The highest BCUT2D eigenvalue weighted by Gasteiger charge is 2.32. The van der Waals surface area contributed by atoms with Crippen molar-refractivity contribution in [2.75, 3.05) is 0 Å². The van der Waals surface area contributed by atoms with Crippen LogP contribution in [0.3, 0.4) is 0 Å². The second kappa shape index (κ2) is 5.86. The quantitative estimate of drug-likeness (QED) is 0.662. The molecule has 8 heteroatoms. The lowest BCUT2D eigenvalue weighted by Gasteiger charge is -2.18. The molecule has 1 unspecified atom stereocenters. The number of benzene rings is 1. The molecule has 1 aromatic carbocycles. The number of halogens is 4. The van der Waals surface area contributed by atoms with Crippen LogP contribution in [-0.2, 0) is 6.18 Å². The first-order valence-corrected chi connectivity index (χ1v) is 6.31. The Morgan fingerprint density at radius 3 is 2.55 bits per heavy atom. The van der Waals surface area contributed by atoms with Crippen molar-refractivity contribution < 1.29 is 13.2 Å². The van der Waals surface area contributed by atoms with Gasteiger partial charge in [-0.15, -0.1) is 0 Å². The van der Waals surface area contributed by atoms with E-state index in [1.807, 2.05) is 0 Å². The average Bonchev–Trinajstić information content (AvgIpc) is 2.41. The Morgan fingerprint density at radius 1 is 1.25 bits per heavy atom. The van der Waals surface area contributed by atoms with Crippen LogP contribution in [0.2, 0.25) is 0 Å². The maximum absolute atomic E-state index is 12.8. The summed E-state index contributed by atoms with van der Waals surface area (Å²) in [6.07, 6.45) is -0.0619. The molecule has 0 saturated carbocycles. The van der Waals surface area contributed by atoms with E-state index in [1.54, 1.807) is 0 Å². The molecule has 0 amide bonds. The van der Waals surface area contributed by atoms with Crippen molar-refractivity contribution in [2.45, 2.75) is 12.2 Å². The van der Waals surface area contributed by atoms with Crippen molar-refractivity contribution in [1.29, 1.82) is 0 Å². The van der Waals surface area contributed by atoms with Gasteiger partial charge in [-0.1, -0.05) is 15.9 Å². The van der Waals surface area contributed by atoms with Gasteiger partial charge in [0, 0.05) is 16.9 Å². The molecule has 0 aliphatic carbocycles. The Balaban J connectivity index is 2.50. The van der Waals surface area contributed by atoms with Gasteiger partial charge in [0.25, 0.3) is 0 Å². The summed E-state index contributed by atoms with van der Waals surface area (Å²) in [6.45, 7) is 0. The standard InChI is InChI=1S/C12H10BrF3N4/c13-9-2-1-7(12(14,15)16)5-8(9)11(20-17)10-6-18-3-4-19-10/h1-6,11,20H,17H2. The van der Waals surface area contributed by atoms with Gasteiger partial charge in [-0.2, -0.15) is 13.2 Å². The zero-order chi connectivity index (χ0) is 14.8. The third-order valence-electron chi connectivity index (χ3n) is 2.68. The van der Waals surface area contributed by atoms with Gasteiger partial charge in [0.15, 0.2) is 0 Å². The number of hydrazine groups is 1. The van der Waals surface area contributed by atoms with E-state index in [0.29, 0.717) is 15.7 Å². The molecule has 0 bridgehead atoms. The van der Waals surface area contributed by atoms with E-state index in [4.69, 9.17) is 5.84 Å². The zero-order valence-corrected chi connectivity index (χ0v) is 11.6. The molecule has 1 heterocycles. The molecule has 0 radical (unpaired) electrons. The van der Waals surface area contributed by atoms with E-state index in [2.05, 4.69) is 31.3 Å². The minimum absolute atomic E-state index is 0.336. The monoisotopic (exact) mass is 346 g/mol. The highest BCUT2D eigenvalue weighted by Crippen LogP contribution is 2.35. The van der Waals surface area contributed by atoms with Crippen LogP contribution in [0, 0.1) is 0 Å². The SMILES string of the molecule is NNC(c1cnccn1)c1cc(C(F)(F)F)ccc1Br.